The molecule has 0 bridgehead atoms. The van der Waals surface area contributed by atoms with E-state index in [1.165, 1.54) is 22.0 Å². The van der Waals surface area contributed by atoms with Crippen LogP contribution < -0.4 is 4.90 Å². The van der Waals surface area contributed by atoms with Crippen LogP contribution in [0.3, 0.4) is 0 Å². The van der Waals surface area contributed by atoms with Crippen LogP contribution in [0.25, 0.3) is 11.2 Å². The second kappa shape index (κ2) is 6.85. The highest BCUT2D eigenvalue weighted by Gasteiger charge is 2.49. The molecule has 1 aromatic carbocycles. The maximum Gasteiger partial charge on any atom is 0.226 e. The minimum Gasteiger partial charge on any atom is -0.394 e. The first-order valence-electron chi connectivity index (χ1n) is 10.4. The zero-order valence-electron chi connectivity index (χ0n) is 16.6. The van der Waals surface area contributed by atoms with Gasteiger partial charge >= 0.3 is 0 Å². The molecule has 0 saturated carbocycles. The maximum absolute atomic E-state index is 10.4. The Kier molecular flexibility index (Phi) is 4.28. The number of imidazole rings is 1. The molecule has 2 aliphatic heterocycles. The highest BCUT2D eigenvalue weighted by atomic mass is 35.5. The van der Waals surface area contributed by atoms with Crippen molar-refractivity contribution in [2.75, 3.05) is 24.6 Å². The molecule has 2 saturated heterocycles. The van der Waals surface area contributed by atoms with E-state index < -0.39 is 31.1 Å². The first kappa shape index (κ1) is 19.4. The smallest absolute Gasteiger partial charge is 0.226 e. The van der Waals surface area contributed by atoms with E-state index in [1.807, 2.05) is 0 Å². The van der Waals surface area contributed by atoms with E-state index in [-0.39, 0.29) is 10.7 Å². The Morgan fingerprint density at radius 3 is 2.74 bits per heavy atom. The van der Waals surface area contributed by atoms with Crippen molar-refractivity contribution in [2.24, 2.45) is 0 Å². The van der Waals surface area contributed by atoms with Crippen molar-refractivity contribution in [1.29, 1.82) is 0 Å². The molecule has 162 valence electrons. The van der Waals surface area contributed by atoms with E-state index >= 15 is 0 Å². The number of hydrogen-bond acceptors (Lipinski definition) is 8. The molecule has 2 aromatic heterocycles. The molecule has 4 heterocycles. The third kappa shape index (κ3) is 2.74. The summed E-state index contributed by atoms with van der Waals surface area (Å²) in [6, 6.07) is 8.61. The molecular weight excluding hydrogens is 422 g/mol. The summed E-state index contributed by atoms with van der Waals surface area (Å²) >= 11 is 6.26. The molecule has 3 aliphatic rings. The van der Waals surface area contributed by atoms with E-state index in [9.17, 15) is 15.3 Å². The van der Waals surface area contributed by atoms with Crippen molar-refractivity contribution in [3.05, 3.63) is 47.0 Å². The summed E-state index contributed by atoms with van der Waals surface area (Å²) in [6.45, 7) is 1.25. The SMILES string of the molecule is OC[C@H]1O[C@@H](n2cnc3c(N4CC5(CCc6ccccc65)C4)nc(Cl)nc32)C(O)C1O. The molecule has 2 unspecified atom stereocenters. The fourth-order valence-electron chi connectivity index (χ4n) is 5.32. The Morgan fingerprint density at radius 2 is 1.97 bits per heavy atom. The van der Waals surface area contributed by atoms with Crippen LogP contribution in [0.2, 0.25) is 5.28 Å². The molecule has 1 spiro atoms. The highest BCUT2D eigenvalue weighted by molar-refractivity contribution is 6.28. The van der Waals surface area contributed by atoms with Crippen LogP contribution in [0.5, 0.6) is 0 Å². The molecule has 0 amide bonds. The van der Waals surface area contributed by atoms with Crippen LogP contribution in [-0.4, -0.2) is 72.8 Å². The van der Waals surface area contributed by atoms with Gasteiger partial charge in [0.1, 0.15) is 18.3 Å². The van der Waals surface area contributed by atoms with Gasteiger partial charge in [0.25, 0.3) is 0 Å². The number of benzene rings is 1. The molecule has 31 heavy (non-hydrogen) atoms. The summed E-state index contributed by atoms with van der Waals surface area (Å²) < 4.78 is 7.18. The van der Waals surface area contributed by atoms with Gasteiger partial charge < -0.3 is 25.0 Å². The summed E-state index contributed by atoms with van der Waals surface area (Å²) in [7, 11) is 0. The molecule has 6 rings (SSSR count). The monoisotopic (exact) mass is 443 g/mol. The van der Waals surface area contributed by atoms with Gasteiger partial charge in [0.2, 0.25) is 5.28 Å². The summed E-state index contributed by atoms with van der Waals surface area (Å²) in [5.74, 6) is 0.649. The van der Waals surface area contributed by atoms with E-state index in [0.717, 1.165) is 25.9 Å². The molecule has 10 heteroatoms. The second-order valence-electron chi connectivity index (χ2n) is 8.66. The van der Waals surface area contributed by atoms with Crippen LogP contribution in [0, 0.1) is 0 Å². The van der Waals surface area contributed by atoms with Crippen LogP contribution in [0.1, 0.15) is 23.8 Å². The molecule has 3 N–H and O–H groups in total. The second-order valence-corrected chi connectivity index (χ2v) is 9.00. The van der Waals surface area contributed by atoms with Gasteiger partial charge in [-0.2, -0.15) is 9.97 Å². The van der Waals surface area contributed by atoms with Crippen molar-refractivity contribution >= 4 is 28.6 Å². The van der Waals surface area contributed by atoms with Gasteiger partial charge in [0.05, 0.1) is 12.9 Å². The summed E-state index contributed by atoms with van der Waals surface area (Å²) in [5, 5.41) is 30.0. The van der Waals surface area contributed by atoms with Gasteiger partial charge in [-0.15, -0.1) is 0 Å². The molecule has 1 aliphatic carbocycles. The third-order valence-corrected chi connectivity index (χ3v) is 7.08. The summed E-state index contributed by atoms with van der Waals surface area (Å²) in [5.41, 5.74) is 3.94. The van der Waals surface area contributed by atoms with Gasteiger partial charge in [-0.3, -0.25) is 4.57 Å². The molecule has 3 aromatic rings. The fraction of sp³-hybridized carbons (Fsp3) is 0.476. The number of anilines is 1. The molecular formula is C21H22ClN5O4. The standard InChI is InChI=1S/C21H22ClN5O4/c22-20-24-17(26-8-21(9-26)6-5-11-3-1-2-4-12(11)21)14-18(25-20)27(10-23-14)19-16(30)15(29)13(7-28)31-19/h1-4,10,13,15-16,19,28-30H,5-9H2/t13-,15?,16?,19-/m1/s1. The van der Waals surface area contributed by atoms with E-state index in [2.05, 4.69) is 44.1 Å². The number of rotatable bonds is 3. The van der Waals surface area contributed by atoms with Crippen LogP contribution in [0.15, 0.2) is 30.6 Å². The number of aliphatic hydroxyl groups excluding tert-OH is 3. The largest absolute Gasteiger partial charge is 0.394 e. The predicted molar refractivity (Wildman–Crippen MR) is 112 cm³/mol. The number of hydrogen-bond donors (Lipinski definition) is 3. The van der Waals surface area contributed by atoms with Crippen molar-refractivity contribution in [2.45, 2.75) is 42.8 Å². The van der Waals surface area contributed by atoms with Gasteiger partial charge in [-0.25, -0.2) is 4.98 Å². The van der Waals surface area contributed by atoms with Crippen molar-refractivity contribution in [3.8, 4) is 0 Å². The van der Waals surface area contributed by atoms with Gasteiger partial charge in [0.15, 0.2) is 23.2 Å². The lowest BCUT2D eigenvalue weighted by Crippen LogP contribution is -2.58. The van der Waals surface area contributed by atoms with E-state index in [0.29, 0.717) is 17.0 Å². The zero-order valence-corrected chi connectivity index (χ0v) is 17.4. The van der Waals surface area contributed by atoms with Crippen molar-refractivity contribution < 1.29 is 20.1 Å². The number of ether oxygens (including phenoxy) is 1. The van der Waals surface area contributed by atoms with Crippen molar-refractivity contribution in [1.82, 2.24) is 19.5 Å². The first-order chi connectivity index (χ1) is 15.0. The molecule has 2 fully saturated rings. The number of halogens is 1. The lowest BCUT2D eigenvalue weighted by molar-refractivity contribution is -0.0511. The van der Waals surface area contributed by atoms with Crippen LogP contribution >= 0.6 is 11.6 Å². The lowest BCUT2D eigenvalue weighted by Gasteiger charge is -2.49. The minimum atomic E-state index is -1.23. The summed E-state index contributed by atoms with van der Waals surface area (Å²) in [6.07, 6.45) is -0.547. The van der Waals surface area contributed by atoms with E-state index in [4.69, 9.17) is 16.3 Å². The molecule has 0 radical (unpaired) electrons. The van der Waals surface area contributed by atoms with E-state index in [1.54, 1.807) is 0 Å². The Bertz CT molecular complexity index is 1160. The van der Waals surface area contributed by atoms with Gasteiger partial charge in [-0.05, 0) is 35.6 Å². The lowest BCUT2D eigenvalue weighted by atomic mass is 9.75. The average Bonchev–Trinajstić information content (AvgIpc) is 3.41. The van der Waals surface area contributed by atoms with Crippen LogP contribution in [-0.2, 0) is 16.6 Å². The summed E-state index contributed by atoms with van der Waals surface area (Å²) in [4.78, 5) is 15.4. The number of nitrogens with zero attached hydrogens (tertiary/aromatic N) is 5. The Labute approximate surface area is 182 Å². The normalized spacial score (nSPS) is 29.0. The number of aromatic nitrogens is 4. The fourth-order valence-corrected chi connectivity index (χ4v) is 5.48. The Morgan fingerprint density at radius 1 is 1.16 bits per heavy atom. The van der Waals surface area contributed by atoms with Crippen molar-refractivity contribution in [3.63, 3.8) is 0 Å². The van der Waals surface area contributed by atoms with Gasteiger partial charge in [0, 0.05) is 18.5 Å². The zero-order chi connectivity index (χ0) is 21.3. The average molecular weight is 444 g/mol. The first-order valence-corrected chi connectivity index (χ1v) is 10.7. The Balaban J connectivity index is 1.34. The number of fused-ring (bicyclic) bond motifs is 3. The quantitative estimate of drug-likeness (QED) is 0.509. The third-order valence-electron chi connectivity index (χ3n) is 6.92. The number of aryl methyl sites for hydroxylation is 1. The number of aliphatic hydroxyl groups is 3. The molecule has 9 nitrogen and oxygen atoms in total. The minimum absolute atomic E-state index is 0.0729. The van der Waals surface area contributed by atoms with Gasteiger partial charge in [-0.1, -0.05) is 24.3 Å². The topological polar surface area (TPSA) is 117 Å². The Hall–Kier alpha value is -2.30. The maximum atomic E-state index is 10.4. The van der Waals surface area contributed by atoms with Crippen LogP contribution in [0.4, 0.5) is 5.82 Å². The predicted octanol–water partition coefficient (Wildman–Crippen LogP) is 0.795. The molecule has 4 atom stereocenters. The highest BCUT2D eigenvalue weighted by Crippen LogP contribution is 2.47.